The molecule has 0 bridgehead atoms. The molecule has 0 fully saturated rings. The van der Waals surface area contributed by atoms with E-state index in [4.69, 9.17) is 0 Å². The van der Waals surface area contributed by atoms with Gasteiger partial charge in [-0.25, -0.2) is 14.4 Å². The summed E-state index contributed by atoms with van der Waals surface area (Å²) in [6.45, 7) is 1.44. The van der Waals surface area contributed by atoms with Crippen molar-refractivity contribution >= 4 is 11.2 Å². The molecular formula is C15H8F7N3O. The molecule has 0 atom stereocenters. The number of aromatic nitrogens is 3. The lowest BCUT2D eigenvalue weighted by atomic mass is 10.2. The van der Waals surface area contributed by atoms with Crippen LogP contribution in [0.1, 0.15) is 11.5 Å². The van der Waals surface area contributed by atoms with E-state index in [-0.39, 0.29) is 22.7 Å². The van der Waals surface area contributed by atoms with Gasteiger partial charge in [-0.3, -0.25) is 4.57 Å². The van der Waals surface area contributed by atoms with E-state index in [9.17, 15) is 30.7 Å². The second-order valence-electron chi connectivity index (χ2n) is 5.19. The zero-order chi connectivity index (χ0) is 19.3. The minimum absolute atomic E-state index is 0.0520. The van der Waals surface area contributed by atoms with Crippen LogP contribution in [0.5, 0.6) is 5.75 Å². The Morgan fingerprint density at radius 3 is 2.23 bits per heavy atom. The molecule has 0 saturated carbocycles. The fourth-order valence-electron chi connectivity index (χ4n) is 2.37. The number of hydrogen-bond donors (Lipinski definition) is 0. The lowest BCUT2D eigenvalue weighted by Gasteiger charge is -2.12. The molecule has 3 rings (SSSR count). The van der Waals surface area contributed by atoms with Gasteiger partial charge in [0.25, 0.3) is 0 Å². The van der Waals surface area contributed by atoms with Gasteiger partial charge >= 0.3 is 12.5 Å². The Balaban J connectivity index is 2.13. The standard InChI is InChI=1S/C15H8F7N3O/c1-7-23-10-3-5-12(14(17,18)19)24-13(10)25(7)8-2-4-11(9(16)6-8)26-15(20,21)22/h2-6H,1H3. The highest BCUT2D eigenvalue weighted by Crippen LogP contribution is 2.31. The van der Waals surface area contributed by atoms with E-state index in [2.05, 4.69) is 14.7 Å². The van der Waals surface area contributed by atoms with Crippen molar-refractivity contribution in [3.05, 3.63) is 47.7 Å². The van der Waals surface area contributed by atoms with Gasteiger partial charge in [-0.15, -0.1) is 13.2 Å². The molecule has 0 radical (unpaired) electrons. The number of alkyl halides is 6. The van der Waals surface area contributed by atoms with Gasteiger partial charge < -0.3 is 4.74 Å². The number of imidazole rings is 1. The van der Waals surface area contributed by atoms with Gasteiger partial charge in [0.05, 0.1) is 5.69 Å². The number of nitrogens with zero attached hydrogens (tertiary/aromatic N) is 3. The van der Waals surface area contributed by atoms with Crippen molar-refractivity contribution in [3.8, 4) is 11.4 Å². The van der Waals surface area contributed by atoms with Crippen LogP contribution in [0, 0.1) is 12.7 Å². The summed E-state index contributed by atoms with van der Waals surface area (Å²) in [4.78, 5) is 7.52. The maximum atomic E-state index is 13.9. The Labute approximate surface area is 140 Å². The summed E-state index contributed by atoms with van der Waals surface area (Å²) >= 11 is 0. The van der Waals surface area contributed by atoms with Crippen molar-refractivity contribution in [2.75, 3.05) is 0 Å². The Hall–Kier alpha value is -2.85. The molecule has 0 aliphatic carbocycles. The molecule has 11 heteroatoms. The Bertz CT molecular complexity index is 976. The maximum absolute atomic E-state index is 13.9. The predicted molar refractivity (Wildman–Crippen MR) is 75.2 cm³/mol. The highest BCUT2D eigenvalue weighted by atomic mass is 19.4. The summed E-state index contributed by atoms with van der Waals surface area (Å²) in [5.74, 6) is -2.23. The van der Waals surface area contributed by atoms with Crippen molar-refractivity contribution in [1.82, 2.24) is 14.5 Å². The number of aryl methyl sites for hydroxylation is 1. The van der Waals surface area contributed by atoms with Gasteiger partial charge in [-0.05, 0) is 31.2 Å². The van der Waals surface area contributed by atoms with E-state index >= 15 is 0 Å². The maximum Gasteiger partial charge on any atom is 0.573 e. The summed E-state index contributed by atoms with van der Waals surface area (Å²) in [6.07, 6.45) is -9.78. The van der Waals surface area contributed by atoms with Crippen LogP contribution in [-0.4, -0.2) is 20.9 Å². The molecule has 0 amide bonds. The first kappa shape index (κ1) is 18.0. The fourth-order valence-corrected chi connectivity index (χ4v) is 2.37. The molecule has 0 aliphatic heterocycles. The topological polar surface area (TPSA) is 39.9 Å². The zero-order valence-electron chi connectivity index (χ0n) is 12.8. The first-order valence-corrected chi connectivity index (χ1v) is 6.95. The third-order valence-electron chi connectivity index (χ3n) is 3.36. The zero-order valence-corrected chi connectivity index (χ0v) is 12.8. The normalized spacial score (nSPS) is 12.6. The minimum Gasteiger partial charge on any atom is -0.403 e. The number of halogens is 7. The monoisotopic (exact) mass is 379 g/mol. The summed E-state index contributed by atoms with van der Waals surface area (Å²) < 4.78 is 93.7. The van der Waals surface area contributed by atoms with Crippen LogP contribution in [0.4, 0.5) is 30.7 Å². The largest absolute Gasteiger partial charge is 0.573 e. The van der Waals surface area contributed by atoms with Crippen LogP contribution >= 0.6 is 0 Å². The lowest BCUT2D eigenvalue weighted by molar-refractivity contribution is -0.275. The molecule has 0 unspecified atom stereocenters. The van der Waals surface area contributed by atoms with Gasteiger partial charge in [0.15, 0.2) is 17.2 Å². The summed E-state index contributed by atoms with van der Waals surface area (Å²) in [7, 11) is 0. The van der Waals surface area contributed by atoms with Gasteiger partial charge in [0, 0.05) is 6.07 Å². The van der Waals surface area contributed by atoms with Gasteiger partial charge in [-0.2, -0.15) is 13.2 Å². The predicted octanol–water partition coefficient (Wildman–Crippen LogP) is 4.79. The molecule has 2 heterocycles. The third kappa shape index (κ3) is 3.41. The van der Waals surface area contributed by atoms with Crippen molar-refractivity contribution in [1.29, 1.82) is 0 Å². The number of ether oxygens (including phenoxy) is 1. The fraction of sp³-hybridized carbons (Fsp3) is 0.200. The number of benzene rings is 1. The van der Waals surface area contributed by atoms with Crippen molar-refractivity contribution in [3.63, 3.8) is 0 Å². The average molecular weight is 379 g/mol. The Morgan fingerprint density at radius 1 is 0.962 bits per heavy atom. The molecule has 3 aromatic rings. The number of rotatable bonds is 2. The Kier molecular flexibility index (Phi) is 4.04. The molecule has 0 spiro atoms. The van der Waals surface area contributed by atoms with Gasteiger partial charge in [0.1, 0.15) is 17.0 Å². The lowest BCUT2D eigenvalue weighted by Crippen LogP contribution is -2.18. The highest BCUT2D eigenvalue weighted by Gasteiger charge is 2.34. The van der Waals surface area contributed by atoms with Gasteiger partial charge in [0.2, 0.25) is 0 Å². The SMILES string of the molecule is Cc1nc2ccc(C(F)(F)F)nc2n1-c1ccc(OC(F)(F)F)c(F)c1. The third-order valence-corrected chi connectivity index (χ3v) is 3.36. The second-order valence-corrected chi connectivity index (χ2v) is 5.19. The van der Waals surface area contributed by atoms with Crippen molar-refractivity contribution in [2.24, 2.45) is 0 Å². The molecular weight excluding hydrogens is 371 g/mol. The highest BCUT2D eigenvalue weighted by molar-refractivity contribution is 5.74. The molecule has 0 N–H and O–H groups in total. The summed E-state index contributed by atoms with van der Waals surface area (Å²) in [5, 5.41) is 0. The summed E-state index contributed by atoms with van der Waals surface area (Å²) in [5.41, 5.74) is -1.32. The first-order valence-electron chi connectivity index (χ1n) is 6.95. The van der Waals surface area contributed by atoms with E-state index in [0.717, 1.165) is 28.8 Å². The second kappa shape index (κ2) is 5.85. The molecule has 2 aromatic heterocycles. The first-order chi connectivity index (χ1) is 12.0. The van der Waals surface area contributed by atoms with Crippen LogP contribution in [0.2, 0.25) is 0 Å². The van der Waals surface area contributed by atoms with Crippen LogP contribution < -0.4 is 4.74 Å². The smallest absolute Gasteiger partial charge is 0.403 e. The quantitative estimate of drug-likeness (QED) is 0.602. The van der Waals surface area contributed by atoms with E-state index in [1.165, 1.54) is 6.92 Å². The van der Waals surface area contributed by atoms with E-state index < -0.39 is 29.8 Å². The average Bonchev–Trinajstić information content (AvgIpc) is 2.82. The van der Waals surface area contributed by atoms with Crippen LogP contribution in [0.25, 0.3) is 16.9 Å². The molecule has 1 aromatic carbocycles. The van der Waals surface area contributed by atoms with E-state index in [0.29, 0.717) is 6.07 Å². The number of hydrogen-bond acceptors (Lipinski definition) is 3. The van der Waals surface area contributed by atoms with Crippen LogP contribution in [0.3, 0.4) is 0 Å². The molecule has 138 valence electrons. The molecule has 0 aliphatic rings. The minimum atomic E-state index is -5.08. The van der Waals surface area contributed by atoms with Crippen LogP contribution in [0.15, 0.2) is 30.3 Å². The van der Waals surface area contributed by atoms with Crippen LogP contribution in [-0.2, 0) is 6.18 Å². The molecule has 4 nitrogen and oxygen atoms in total. The number of pyridine rings is 1. The summed E-state index contributed by atoms with van der Waals surface area (Å²) in [6, 6.07) is 4.32. The van der Waals surface area contributed by atoms with Gasteiger partial charge in [-0.1, -0.05) is 0 Å². The van der Waals surface area contributed by atoms with E-state index in [1.54, 1.807) is 0 Å². The van der Waals surface area contributed by atoms with Crippen molar-refractivity contribution in [2.45, 2.75) is 19.5 Å². The Morgan fingerprint density at radius 2 is 1.65 bits per heavy atom. The van der Waals surface area contributed by atoms with Crippen molar-refractivity contribution < 1.29 is 35.5 Å². The number of fused-ring (bicyclic) bond motifs is 1. The van der Waals surface area contributed by atoms with E-state index in [1.807, 2.05) is 0 Å². The molecule has 26 heavy (non-hydrogen) atoms. The molecule has 0 saturated heterocycles.